The average Bonchev–Trinajstić information content (AvgIpc) is 2.17. The molecule has 0 N–H and O–H groups in total. The molecule has 0 atom stereocenters. The summed E-state index contributed by atoms with van der Waals surface area (Å²) in [4.78, 5) is 0. The Hall–Kier alpha value is -0.520. The Balaban J connectivity index is 3.15. The van der Waals surface area contributed by atoms with Crippen molar-refractivity contribution in [3.8, 4) is 12.3 Å². The Morgan fingerprint density at radius 3 is 1.94 bits per heavy atom. The average molecular weight is 342 g/mol. The van der Waals surface area contributed by atoms with E-state index in [0.717, 1.165) is 14.5 Å². The maximum atomic E-state index is 5.46. The molecule has 0 nitrogen and oxygen atoms in total. The van der Waals surface area contributed by atoms with E-state index in [-0.39, 0.29) is 5.41 Å². The molecule has 0 aliphatic rings. The van der Waals surface area contributed by atoms with Gasteiger partial charge in [-0.15, -0.1) is 6.42 Å². The summed E-state index contributed by atoms with van der Waals surface area (Å²) in [6.07, 6.45) is 5.46. The summed E-state index contributed by atoms with van der Waals surface area (Å²) in [6.45, 7) is 6.58. The highest BCUT2D eigenvalue weighted by Gasteiger charge is 2.13. The van der Waals surface area contributed by atoms with Crippen molar-refractivity contribution < 1.29 is 0 Å². The molecular formula is C14H14Br2. The smallest absolute Gasteiger partial charge is 0.0766 e. The van der Waals surface area contributed by atoms with Crippen LogP contribution in [0.3, 0.4) is 0 Å². The number of terminal acetylenes is 1. The fourth-order valence-electron chi connectivity index (χ4n) is 1.38. The Labute approximate surface area is 114 Å². The number of rotatable bonds is 1. The van der Waals surface area contributed by atoms with Gasteiger partial charge in [-0.05, 0) is 48.4 Å². The molecule has 0 heterocycles. The molecule has 0 spiro atoms. The van der Waals surface area contributed by atoms with Crippen LogP contribution in [0.2, 0.25) is 0 Å². The quantitative estimate of drug-likeness (QED) is 0.625. The van der Waals surface area contributed by atoms with Gasteiger partial charge in [-0.3, -0.25) is 0 Å². The van der Waals surface area contributed by atoms with E-state index in [4.69, 9.17) is 6.42 Å². The van der Waals surface area contributed by atoms with E-state index >= 15 is 0 Å². The molecule has 1 aromatic rings. The molecule has 2 heteroatoms. The molecule has 0 bridgehead atoms. The minimum atomic E-state index is 0.171. The van der Waals surface area contributed by atoms with Crippen LogP contribution in [0, 0.1) is 12.3 Å². The van der Waals surface area contributed by atoms with Gasteiger partial charge in [0.1, 0.15) is 0 Å². The molecule has 0 aliphatic carbocycles. The van der Waals surface area contributed by atoms with Crippen molar-refractivity contribution >= 4 is 37.4 Å². The van der Waals surface area contributed by atoms with Crippen LogP contribution in [0.25, 0.3) is 5.57 Å². The zero-order chi connectivity index (χ0) is 12.3. The van der Waals surface area contributed by atoms with Crippen LogP contribution in [-0.2, 0) is 5.41 Å². The Bertz CT molecular complexity index is 435. The zero-order valence-electron chi connectivity index (χ0n) is 9.64. The maximum absolute atomic E-state index is 5.46. The lowest BCUT2D eigenvalue weighted by molar-refractivity contribution is 0.590. The van der Waals surface area contributed by atoms with Gasteiger partial charge < -0.3 is 0 Å². The third-order valence-corrected chi connectivity index (χ3v) is 3.17. The van der Waals surface area contributed by atoms with E-state index in [1.54, 1.807) is 0 Å². The van der Waals surface area contributed by atoms with Gasteiger partial charge in [0.05, 0.1) is 8.96 Å². The minimum Gasteiger partial charge on any atom is -0.115 e. The van der Waals surface area contributed by atoms with Gasteiger partial charge in [-0.25, -0.2) is 0 Å². The lowest BCUT2D eigenvalue weighted by atomic mass is 9.86. The molecule has 16 heavy (non-hydrogen) atoms. The topological polar surface area (TPSA) is 0 Å². The molecule has 1 aromatic carbocycles. The summed E-state index contributed by atoms with van der Waals surface area (Å²) in [6, 6.07) is 8.35. The lowest BCUT2D eigenvalue weighted by Gasteiger charge is -2.19. The fourth-order valence-corrected chi connectivity index (χ4v) is 2.07. The number of hydrogen-bond acceptors (Lipinski definition) is 0. The summed E-state index contributed by atoms with van der Waals surface area (Å²) in [5.41, 5.74) is 3.35. The van der Waals surface area contributed by atoms with Crippen LogP contribution in [0.15, 0.2) is 27.7 Å². The predicted molar refractivity (Wildman–Crippen MR) is 78.7 cm³/mol. The highest BCUT2D eigenvalue weighted by molar-refractivity contribution is 9.28. The SMILES string of the molecule is C#CC(=C(Br)Br)c1ccc(C(C)(C)C)cc1. The van der Waals surface area contributed by atoms with Gasteiger partial charge in [-0.1, -0.05) is 51.0 Å². The second-order valence-corrected chi connectivity index (χ2v) is 7.26. The van der Waals surface area contributed by atoms with Crippen LogP contribution in [0.4, 0.5) is 0 Å². The van der Waals surface area contributed by atoms with Crippen molar-refractivity contribution in [2.75, 3.05) is 0 Å². The number of benzene rings is 1. The van der Waals surface area contributed by atoms with Gasteiger partial charge in [-0.2, -0.15) is 0 Å². The van der Waals surface area contributed by atoms with E-state index in [9.17, 15) is 0 Å². The largest absolute Gasteiger partial charge is 0.115 e. The Kier molecular flexibility index (Phi) is 4.41. The normalized spacial score (nSPS) is 10.8. The van der Waals surface area contributed by atoms with Crippen LogP contribution in [0.5, 0.6) is 0 Å². The number of hydrogen-bond donors (Lipinski definition) is 0. The highest BCUT2D eigenvalue weighted by Crippen LogP contribution is 2.29. The summed E-state index contributed by atoms with van der Waals surface area (Å²) in [5.74, 6) is 2.66. The van der Waals surface area contributed by atoms with Crippen LogP contribution in [0.1, 0.15) is 31.9 Å². The monoisotopic (exact) mass is 340 g/mol. The van der Waals surface area contributed by atoms with Gasteiger partial charge in [0, 0.05) is 0 Å². The van der Waals surface area contributed by atoms with Gasteiger partial charge in [0.25, 0.3) is 0 Å². The first-order chi connectivity index (χ1) is 7.36. The van der Waals surface area contributed by atoms with Crippen molar-refractivity contribution in [1.82, 2.24) is 0 Å². The van der Waals surface area contributed by atoms with E-state index in [2.05, 4.69) is 82.8 Å². The summed E-state index contributed by atoms with van der Waals surface area (Å²) >= 11 is 6.70. The van der Waals surface area contributed by atoms with Crippen LogP contribution < -0.4 is 0 Å². The molecule has 0 aliphatic heterocycles. The number of halogens is 2. The first-order valence-electron chi connectivity index (χ1n) is 4.99. The standard InChI is InChI=1S/C14H14Br2/c1-5-12(13(15)16)10-6-8-11(9-7-10)14(2,3)4/h1,6-9H,2-4H3. The molecule has 0 unspecified atom stereocenters. The van der Waals surface area contributed by atoms with Gasteiger partial charge in [0.2, 0.25) is 0 Å². The third-order valence-electron chi connectivity index (χ3n) is 2.37. The van der Waals surface area contributed by atoms with Crippen molar-refractivity contribution in [2.24, 2.45) is 0 Å². The van der Waals surface area contributed by atoms with E-state index in [0.29, 0.717) is 0 Å². The van der Waals surface area contributed by atoms with Crippen molar-refractivity contribution in [2.45, 2.75) is 26.2 Å². The first-order valence-corrected chi connectivity index (χ1v) is 6.57. The van der Waals surface area contributed by atoms with Crippen molar-refractivity contribution in [3.63, 3.8) is 0 Å². The molecule has 0 radical (unpaired) electrons. The minimum absolute atomic E-state index is 0.171. The summed E-state index contributed by atoms with van der Waals surface area (Å²) < 4.78 is 0.811. The number of allylic oxidation sites excluding steroid dienone is 1. The summed E-state index contributed by atoms with van der Waals surface area (Å²) in [5, 5.41) is 0. The van der Waals surface area contributed by atoms with Crippen molar-refractivity contribution in [3.05, 3.63) is 38.8 Å². The molecular weight excluding hydrogens is 328 g/mol. The van der Waals surface area contributed by atoms with E-state index < -0.39 is 0 Å². The highest BCUT2D eigenvalue weighted by atomic mass is 79.9. The Morgan fingerprint density at radius 2 is 1.62 bits per heavy atom. The molecule has 0 fully saturated rings. The lowest BCUT2D eigenvalue weighted by Crippen LogP contribution is -2.10. The van der Waals surface area contributed by atoms with Crippen molar-refractivity contribution in [1.29, 1.82) is 0 Å². The first kappa shape index (κ1) is 13.5. The predicted octanol–water partition coefficient (Wildman–Crippen LogP) is 5.08. The Morgan fingerprint density at radius 1 is 1.12 bits per heavy atom. The van der Waals surface area contributed by atoms with Gasteiger partial charge >= 0.3 is 0 Å². The van der Waals surface area contributed by atoms with Crippen LogP contribution in [-0.4, -0.2) is 0 Å². The molecule has 1 rings (SSSR count). The molecule has 0 saturated heterocycles. The van der Waals surface area contributed by atoms with E-state index in [1.165, 1.54) is 5.56 Å². The molecule has 84 valence electrons. The van der Waals surface area contributed by atoms with Crippen LogP contribution >= 0.6 is 31.9 Å². The molecule has 0 saturated carbocycles. The van der Waals surface area contributed by atoms with Gasteiger partial charge in [0.15, 0.2) is 0 Å². The fraction of sp³-hybridized carbons (Fsp3) is 0.286. The molecule has 0 aromatic heterocycles. The second kappa shape index (κ2) is 5.21. The zero-order valence-corrected chi connectivity index (χ0v) is 12.8. The van der Waals surface area contributed by atoms with E-state index in [1.807, 2.05) is 0 Å². The molecule has 0 amide bonds. The second-order valence-electron chi connectivity index (χ2n) is 4.61. The third kappa shape index (κ3) is 3.23. The summed E-state index contributed by atoms with van der Waals surface area (Å²) in [7, 11) is 0. The maximum Gasteiger partial charge on any atom is 0.0766 e.